The van der Waals surface area contributed by atoms with E-state index in [2.05, 4.69) is 0 Å². The Morgan fingerprint density at radius 1 is 0.896 bits per heavy atom. The molecular formula is C34H59NO13. The minimum atomic E-state index is -1.96. The van der Waals surface area contributed by atoms with Gasteiger partial charge in [0.25, 0.3) is 0 Å². The molecular weight excluding hydrogens is 630 g/mol. The molecule has 0 aromatic carbocycles. The van der Waals surface area contributed by atoms with Crippen molar-refractivity contribution in [1.29, 1.82) is 0 Å². The number of carbonyl (C=O) groups excluding carboxylic acids is 2. The summed E-state index contributed by atoms with van der Waals surface area (Å²) in [6, 6.07) is -0.237. The number of Topliss-reactive ketones (excluding diaryl/α,β-unsaturated/α-hetero) is 1. The quantitative estimate of drug-likeness (QED) is 0.226. The van der Waals surface area contributed by atoms with Crippen LogP contribution in [0.3, 0.4) is 0 Å². The smallest absolute Gasteiger partial charge is 0.311 e. The Balaban J connectivity index is 1.72. The fraction of sp³-hybridized carbons (Fsp3) is 0.941. The Bertz CT molecular complexity index is 1100. The van der Waals surface area contributed by atoms with Crippen molar-refractivity contribution in [3.8, 4) is 0 Å². The van der Waals surface area contributed by atoms with Crippen LogP contribution in [0.25, 0.3) is 0 Å². The molecule has 4 heterocycles. The fourth-order valence-corrected chi connectivity index (χ4v) is 7.41. The third-order valence-electron chi connectivity index (χ3n) is 11.2. The molecule has 0 aromatic heterocycles. The van der Waals surface area contributed by atoms with Crippen molar-refractivity contribution >= 4 is 11.8 Å². The topological polar surface area (TPSA) is 186 Å². The number of hydrogen-bond donors (Lipinski definition) is 4. The molecule has 0 amide bonds. The van der Waals surface area contributed by atoms with E-state index in [1.165, 1.54) is 27.9 Å². The van der Waals surface area contributed by atoms with Gasteiger partial charge in [-0.15, -0.1) is 0 Å². The molecule has 4 rings (SSSR count). The maximum absolute atomic E-state index is 13.8. The van der Waals surface area contributed by atoms with Gasteiger partial charge in [-0.3, -0.25) is 9.59 Å². The first-order valence-corrected chi connectivity index (χ1v) is 17.3. The highest BCUT2D eigenvalue weighted by atomic mass is 16.7. The Kier molecular flexibility index (Phi) is 12.8. The van der Waals surface area contributed by atoms with Crippen molar-refractivity contribution in [3.63, 3.8) is 0 Å². The summed E-state index contributed by atoms with van der Waals surface area (Å²) >= 11 is 0. The summed E-state index contributed by atoms with van der Waals surface area (Å²) in [5.74, 6) is -3.62. The summed E-state index contributed by atoms with van der Waals surface area (Å²) in [6.45, 7) is 11.6. The van der Waals surface area contributed by atoms with Gasteiger partial charge >= 0.3 is 5.97 Å². The molecule has 4 saturated heterocycles. The molecule has 17 unspecified atom stereocenters. The minimum absolute atomic E-state index is 0.143. The van der Waals surface area contributed by atoms with Crippen LogP contribution in [0.2, 0.25) is 0 Å². The number of carbonyl (C=O) groups is 2. The van der Waals surface area contributed by atoms with Gasteiger partial charge in [0.15, 0.2) is 18.4 Å². The van der Waals surface area contributed by atoms with Crippen molar-refractivity contribution in [2.45, 2.75) is 159 Å². The maximum Gasteiger partial charge on any atom is 0.311 e. The third-order valence-corrected chi connectivity index (χ3v) is 11.2. The number of cyclic esters (lactones) is 1. The van der Waals surface area contributed by atoms with Gasteiger partial charge in [0.2, 0.25) is 0 Å². The molecule has 17 atom stereocenters. The van der Waals surface area contributed by atoms with Crippen LogP contribution < -0.4 is 0 Å². The number of methoxy groups -OCH3 is 1. The second-order valence-electron chi connectivity index (χ2n) is 15.0. The van der Waals surface area contributed by atoms with E-state index >= 15 is 0 Å². The second-order valence-corrected chi connectivity index (χ2v) is 15.0. The summed E-state index contributed by atoms with van der Waals surface area (Å²) in [5.41, 5.74) is -3.16. The summed E-state index contributed by atoms with van der Waals surface area (Å²) in [4.78, 5) is 29.5. The van der Waals surface area contributed by atoms with Gasteiger partial charge in [-0.05, 0) is 68.0 Å². The van der Waals surface area contributed by atoms with Crippen molar-refractivity contribution in [2.24, 2.45) is 17.8 Å². The number of likely N-dealkylation sites (N-methyl/N-ethyl adjacent to an activating group) is 1. The lowest BCUT2D eigenvalue weighted by Gasteiger charge is -2.45. The lowest BCUT2D eigenvalue weighted by Crippen LogP contribution is -2.57. The average Bonchev–Trinajstić information content (AvgIpc) is 3.83. The Morgan fingerprint density at radius 2 is 1.54 bits per heavy atom. The largest absolute Gasteiger partial charge is 0.459 e. The van der Waals surface area contributed by atoms with E-state index in [1.54, 1.807) is 13.8 Å². The van der Waals surface area contributed by atoms with Crippen LogP contribution in [-0.2, 0) is 42.7 Å². The molecule has 4 aliphatic heterocycles. The number of esters is 1. The molecule has 1 spiro atoms. The predicted molar refractivity (Wildman–Crippen MR) is 171 cm³/mol. The van der Waals surface area contributed by atoms with E-state index < -0.39 is 96.3 Å². The fourth-order valence-electron chi connectivity index (χ4n) is 7.41. The Hall–Kier alpha value is -1.30. The van der Waals surface area contributed by atoms with Gasteiger partial charge in [0.05, 0.1) is 49.1 Å². The zero-order chi connectivity index (χ0) is 35.9. The highest BCUT2D eigenvalue weighted by molar-refractivity contribution is 5.92. The first-order valence-electron chi connectivity index (χ1n) is 17.3. The average molecular weight is 690 g/mol. The first-order chi connectivity index (χ1) is 22.3. The molecule has 0 saturated carbocycles. The van der Waals surface area contributed by atoms with Gasteiger partial charge in [0, 0.05) is 31.4 Å². The van der Waals surface area contributed by atoms with Crippen molar-refractivity contribution in [3.05, 3.63) is 0 Å². The van der Waals surface area contributed by atoms with Crippen molar-refractivity contribution in [2.75, 3.05) is 27.8 Å². The summed E-state index contributed by atoms with van der Waals surface area (Å²) in [6.07, 6.45) is -8.31. The molecule has 48 heavy (non-hydrogen) atoms. The van der Waals surface area contributed by atoms with Gasteiger partial charge in [0.1, 0.15) is 29.5 Å². The lowest BCUT2D eigenvalue weighted by molar-refractivity contribution is -0.295. The monoisotopic (exact) mass is 689 g/mol. The van der Waals surface area contributed by atoms with Crippen LogP contribution in [0.5, 0.6) is 0 Å². The number of rotatable bonds is 6. The number of epoxide rings is 1. The van der Waals surface area contributed by atoms with Gasteiger partial charge in [-0.1, -0.05) is 13.8 Å². The predicted octanol–water partition coefficient (Wildman–Crippen LogP) is 0.777. The number of aliphatic hydroxyl groups is 4. The third kappa shape index (κ3) is 8.25. The van der Waals surface area contributed by atoms with E-state index in [0.717, 1.165) is 0 Å². The van der Waals surface area contributed by atoms with Gasteiger partial charge in [-0.2, -0.15) is 0 Å². The molecule has 0 bridgehead atoms. The number of ether oxygens (including phenoxy) is 7. The zero-order valence-electron chi connectivity index (χ0n) is 30.1. The van der Waals surface area contributed by atoms with Gasteiger partial charge < -0.3 is 58.5 Å². The molecule has 4 fully saturated rings. The maximum atomic E-state index is 13.8. The molecule has 4 N–H and O–H groups in total. The summed E-state index contributed by atoms with van der Waals surface area (Å²) in [7, 11) is 5.26. The highest BCUT2D eigenvalue weighted by Crippen LogP contribution is 2.41. The van der Waals surface area contributed by atoms with Crippen LogP contribution >= 0.6 is 0 Å². The number of aliphatic hydroxyl groups excluding tert-OH is 3. The molecule has 14 nitrogen and oxygen atoms in total. The van der Waals surface area contributed by atoms with Crippen molar-refractivity contribution < 1.29 is 63.2 Å². The summed E-state index contributed by atoms with van der Waals surface area (Å²) in [5, 5.41) is 44.5. The summed E-state index contributed by atoms with van der Waals surface area (Å²) < 4.78 is 42.3. The van der Waals surface area contributed by atoms with Crippen LogP contribution in [0, 0.1) is 17.8 Å². The van der Waals surface area contributed by atoms with E-state index in [4.69, 9.17) is 33.2 Å². The molecule has 0 radical (unpaired) electrons. The Morgan fingerprint density at radius 3 is 2.12 bits per heavy atom. The van der Waals surface area contributed by atoms with E-state index in [9.17, 15) is 30.0 Å². The SMILES string of the molecule is COC1CC(OC2C(C)C(=O)OC(C)C(C)(O)C(O)C(C)C(=O)C3(CCC(OC4OC(C)CC(N(C)C)C4O)C2C)CO3)OC(C)C1O. The zero-order valence-corrected chi connectivity index (χ0v) is 30.1. The standard InChI is InChI=1S/C34H59NO13/c1-16-13-22(35(8)9)27(37)32(44-16)47-23-11-12-34(15-43-34)30(39)19(4)29(38)33(7,41)21(6)46-31(40)18(3)28(17(23)2)48-25-14-24(42-10)26(36)20(5)45-25/h16-29,32,36-38,41H,11-15H2,1-10H3. The van der Waals surface area contributed by atoms with E-state index in [-0.39, 0.29) is 43.8 Å². The minimum Gasteiger partial charge on any atom is -0.459 e. The normalized spacial score (nSPS) is 49.9. The van der Waals surface area contributed by atoms with Crippen LogP contribution in [0.1, 0.15) is 74.1 Å². The molecule has 14 heteroatoms. The van der Waals surface area contributed by atoms with E-state index in [1.807, 2.05) is 32.8 Å². The lowest BCUT2D eigenvalue weighted by atomic mass is 9.78. The highest BCUT2D eigenvalue weighted by Gasteiger charge is 2.57. The van der Waals surface area contributed by atoms with E-state index in [0.29, 0.717) is 6.42 Å². The number of hydrogen-bond acceptors (Lipinski definition) is 14. The number of nitrogens with zero attached hydrogens (tertiary/aromatic N) is 1. The van der Waals surface area contributed by atoms with Crippen LogP contribution in [0.4, 0.5) is 0 Å². The second kappa shape index (κ2) is 15.5. The van der Waals surface area contributed by atoms with Crippen LogP contribution in [-0.4, -0.2) is 150 Å². The van der Waals surface area contributed by atoms with Crippen LogP contribution in [0.15, 0.2) is 0 Å². The van der Waals surface area contributed by atoms with Crippen molar-refractivity contribution in [1.82, 2.24) is 4.90 Å². The molecule has 4 aliphatic rings. The van der Waals surface area contributed by atoms with Gasteiger partial charge in [-0.25, -0.2) is 0 Å². The molecule has 278 valence electrons. The molecule has 0 aliphatic carbocycles. The Labute approximate surface area is 284 Å². The number of ketones is 1. The molecule has 0 aromatic rings. The first kappa shape index (κ1) is 39.5.